The van der Waals surface area contributed by atoms with E-state index in [1.807, 2.05) is 0 Å². The van der Waals surface area contributed by atoms with E-state index in [-0.39, 0.29) is 208 Å². The van der Waals surface area contributed by atoms with Crippen LogP contribution in [0.2, 0.25) is 0 Å². The minimum Gasteiger partial charge on any atom is -0.469 e. The van der Waals surface area contributed by atoms with Crippen LogP contribution in [0.15, 0.2) is 85.6 Å². The van der Waals surface area contributed by atoms with Crippen molar-refractivity contribution >= 4 is 77.6 Å². The summed E-state index contributed by atoms with van der Waals surface area (Å²) in [5.41, 5.74) is 2.21. The predicted molar refractivity (Wildman–Crippen MR) is 421 cm³/mol. The molecule has 33 heteroatoms. The number of rotatable bonds is 28. The molecule has 17 aliphatic rings. The average Bonchev–Trinajstić information content (AvgIpc) is 1.55. The Bertz CT molecular complexity index is 4010. The molecule has 15 aliphatic heterocycles. The number of carbonyl (C=O) groups excluding carboxylic acids is 13. The van der Waals surface area contributed by atoms with E-state index in [0.29, 0.717) is 89.5 Å². The van der Waals surface area contributed by atoms with Gasteiger partial charge in [-0.05, 0) is 149 Å². The van der Waals surface area contributed by atoms with Crippen LogP contribution >= 0.6 is 0 Å². The quantitative estimate of drug-likeness (QED) is 0.0312. The number of methoxy groups -OCH3 is 1. The Morgan fingerprint density at radius 1 is 0.443 bits per heavy atom. The minimum atomic E-state index is -0.578. The van der Waals surface area contributed by atoms with Gasteiger partial charge in [0.05, 0.1) is 118 Å². The lowest BCUT2D eigenvalue weighted by atomic mass is 9.74. The van der Waals surface area contributed by atoms with E-state index in [4.69, 9.17) is 94.7 Å². The van der Waals surface area contributed by atoms with Crippen molar-refractivity contribution in [3.05, 3.63) is 85.6 Å². The number of fused-ring (bicyclic) bond motifs is 11. The van der Waals surface area contributed by atoms with E-state index >= 15 is 0 Å². The van der Waals surface area contributed by atoms with Crippen LogP contribution in [0.25, 0.3) is 0 Å². The summed E-state index contributed by atoms with van der Waals surface area (Å²) in [5.74, 6) is -4.94. The van der Waals surface area contributed by atoms with Gasteiger partial charge in [-0.25, -0.2) is 38.4 Å². The van der Waals surface area contributed by atoms with Crippen LogP contribution in [0.4, 0.5) is 0 Å². The number of ether oxygens (including phenoxy) is 20. The summed E-state index contributed by atoms with van der Waals surface area (Å²) in [7, 11) is 1.32. The summed E-state index contributed by atoms with van der Waals surface area (Å²) in [6, 6.07) is 0. The molecule has 29 atom stereocenters. The van der Waals surface area contributed by atoms with Gasteiger partial charge in [-0.2, -0.15) is 0 Å². The van der Waals surface area contributed by atoms with Crippen molar-refractivity contribution in [3.8, 4) is 0 Å². The third kappa shape index (κ3) is 22.6. The first kappa shape index (κ1) is 93.7. The monoisotopic (exact) mass is 1710 g/mol. The van der Waals surface area contributed by atoms with Gasteiger partial charge in [0.15, 0.2) is 24.9 Å². The maximum atomic E-state index is 12.0. The summed E-state index contributed by atoms with van der Waals surface area (Å²) in [4.78, 5) is 148. The van der Waals surface area contributed by atoms with Gasteiger partial charge in [0, 0.05) is 70.1 Å². The Morgan fingerprint density at radius 2 is 0.910 bits per heavy atom. The normalized spacial score (nSPS) is 35.4. The smallest absolute Gasteiger partial charge is 0.344 e. The first-order valence-electron chi connectivity index (χ1n) is 42.5. The third-order valence-electron chi connectivity index (χ3n) is 25.3. The highest BCUT2D eigenvalue weighted by molar-refractivity contribution is 5.90. The molecule has 0 amide bonds. The first-order valence-corrected chi connectivity index (χ1v) is 42.5. The molecule has 14 bridgehead atoms. The van der Waals surface area contributed by atoms with Gasteiger partial charge in [0.25, 0.3) is 0 Å². The molecule has 2 aliphatic carbocycles. The lowest BCUT2D eigenvalue weighted by molar-refractivity contribution is -0.162. The van der Waals surface area contributed by atoms with Gasteiger partial charge in [-0.3, -0.25) is 24.0 Å². The first-order chi connectivity index (χ1) is 58.0. The van der Waals surface area contributed by atoms with Crippen molar-refractivity contribution in [1.82, 2.24) is 0 Å². The summed E-state index contributed by atoms with van der Waals surface area (Å²) in [6.07, 6.45) is 16.1. The van der Waals surface area contributed by atoms with Crippen molar-refractivity contribution in [2.45, 2.75) is 287 Å². The molecule has 17 fully saturated rings. The number of hydrogen-bond acceptors (Lipinski definition) is 33. The van der Waals surface area contributed by atoms with E-state index in [0.717, 1.165) is 76.7 Å². The zero-order valence-electron chi connectivity index (χ0n) is 71.1. The minimum absolute atomic E-state index is 0.0261. The van der Waals surface area contributed by atoms with Crippen LogP contribution in [0.5, 0.6) is 0 Å². The van der Waals surface area contributed by atoms with Crippen LogP contribution in [-0.4, -0.2) is 246 Å². The third-order valence-corrected chi connectivity index (χ3v) is 25.3. The van der Waals surface area contributed by atoms with Gasteiger partial charge in [-0.15, -0.1) is 0 Å². The van der Waals surface area contributed by atoms with Gasteiger partial charge < -0.3 is 94.7 Å². The molecule has 122 heavy (non-hydrogen) atoms. The second-order valence-corrected chi connectivity index (χ2v) is 34.7. The summed E-state index contributed by atoms with van der Waals surface area (Å²) in [6.45, 7) is 38.9. The molecule has 2 saturated carbocycles. The van der Waals surface area contributed by atoms with Crippen LogP contribution in [0.3, 0.4) is 0 Å². The van der Waals surface area contributed by atoms with E-state index in [1.54, 1.807) is 34.6 Å². The highest BCUT2D eigenvalue weighted by Crippen LogP contribution is 2.61. The lowest BCUT2D eigenvalue weighted by Gasteiger charge is -2.31. The molecule has 0 aromatic carbocycles. The molecule has 17 rings (SSSR count). The highest BCUT2D eigenvalue weighted by Gasteiger charge is 2.70. The fraction of sp³-hybridized carbons (Fsp3) is 0.697. The highest BCUT2D eigenvalue weighted by atomic mass is 16.7. The maximum Gasteiger partial charge on any atom is 0.344 e. The lowest BCUT2D eigenvalue weighted by Crippen LogP contribution is -2.40. The molecule has 33 nitrogen and oxygen atoms in total. The van der Waals surface area contributed by atoms with E-state index in [9.17, 15) is 62.3 Å². The van der Waals surface area contributed by atoms with Crippen LogP contribution in [-0.2, 0) is 157 Å². The molecule has 0 N–H and O–H groups in total. The van der Waals surface area contributed by atoms with Crippen LogP contribution in [0, 0.1) is 59.2 Å². The molecule has 15 saturated heterocycles. The molecule has 15 heterocycles. The molecular formula is C89H118O33. The van der Waals surface area contributed by atoms with Crippen molar-refractivity contribution in [2.75, 3.05) is 46.8 Å². The van der Waals surface area contributed by atoms with Gasteiger partial charge in [0.1, 0.15) is 55.9 Å². The molecule has 0 aromatic rings. The SMILES string of the molecule is C=C(C)C(=O)OC(C(C)C)C1CC2CCC1O2.C=C(C)C(=O)OCC(=O)OC1CC2CCC1O2.C=C(C)C(=O)OCC1C2CC3C1OC(=O)C3C2C(=O)OC.C=C(C)C(=O)OCCC(=O)OC1CC2CCC1O2.C=C(C)C(=O)OCCC1CC2CCC1O2.C=C(C)C(=O)OCCOC1C2CC3C(=O)OC1C3O2.C=CC(=O)OC1C2CC3C(=O)OC1C3O2. The molecule has 0 radical (unpaired) electrons. The Morgan fingerprint density at radius 3 is 1.39 bits per heavy atom. The molecule has 0 spiro atoms. The van der Waals surface area contributed by atoms with Gasteiger partial charge in [-0.1, -0.05) is 59.9 Å². The van der Waals surface area contributed by atoms with Crippen molar-refractivity contribution in [3.63, 3.8) is 0 Å². The van der Waals surface area contributed by atoms with Crippen molar-refractivity contribution in [1.29, 1.82) is 0 Å². The summed E-state index contributed by atoms with van der Waals surface area (Å²) in [5, 5.41) is 0. The topological polar surface area (TPSA) is 407 Å². The van der Waals surface area contributed by atoms with Gasteiger partial charge in [0.2, 0.25) is 0 Å². The van der Waals surface area contributed by atoms with E-state index in [2.05, 4.69) is 59.9 Å². The van der Waals surface area contributed by atoms with E-state index in [1.165, 1.54) is 33.3 Å². The Labute approximate surface area is 709 Å². The Balaban J connectivity index is 0.000000139. The molecule has 29 unspecified atom stereocenters. The fourth-order valence-corrected chi connectivity index (χ4v) is 19.5. The van der Waals surface area contributed by atoms with Crippen molar-refractivity contribution < 1.29 is 157 Å². The van der Waals surface area contributed by atoms with Crippen LogP contribution in [0.1, 0.15) is 165 Å². The summed E-state index contributed by atoms with van der Waals surface area (Å²) < 4.78 is 106. The summed E-state index contributed by atoms with van der Waals surface area (Å²) >= 11 is 0. The maximum absolute atomic E-state index is 12.0. The Kier molecular flexibility index (Phi) is 32.0. The second kappa shape index (κ2) is 41.7. The fourth-order valence-electron chi connectivity index (χ4n) is 19.5. The van der Waals surface area contributed by atoms with Crippen molar-refractivity contribution in [2.24, 2.45) is 59.2 Å². The predicted octanol–water partition coefficient (Wildman–Crippen LogP) is 7.79. The second-order valence-electron chi connectivity index (χ2n) is 34.7. The zero-order valence-corrected chi connectivity index (χ0v) is 71.1. The number of esters is 13. The van der Waals surface area contributed by atoms with Crippen LogP contribution < -0.4 is 0 Å². The van der Waals surface area contributed by atoms with Gasteiger partial charge >= 0.3 is 77.6 Å². The number of carbonyl (C=O) groups is 13. The molecular weight excluding hydrogens is 1600 g/mol. The average molecular weight is 1720 g/mol. The molecule has 0 aromatic heterocycles. The largest absolute Gasteiger partial charge is 0.469 e. The zero-order chi connectivity index (χ0) is 88.4. The van der Waals surface area contributed by atoms with E-state index < -0.39 is 53.9 Å². The molecule has 672 valence electrons. The Hall–Kier alpha value is -8.99. The standard InChI is InChI=1S/C15H18O6.C14H22O3.C13H16O6.C13H18O5.C12H16O5.C12H18O3.C10H10O5/c1-6(2)13(16)20-5-9-7-4-8-11(10(7)14(17)19-3)15(18)21-12(8)9;1-8(2)13(17-14(15)9(3)4)11-7-10-5-6-12(11)16-10;1-6(2)12(14)17-4-3-16-10-8-5-7-9(18-8)11(10)19-13(7)15;1-8(2)13(15)16-6-5-12(14)18-11-7-9-3-4-10(11)17-9;1-7(2)12(14)15-6-11(13)17-10-5-8-3-4-9(10)16-8;1-8(2)12(13)14-6-5-9-7-10-3-4-11(9)15-10;1-2-6(11)14-8-5-3-4-7(13-5)9(8)15-10(4)12/h7-12H,1,4-5H2,2-3H3;8,10-13H,3,5-7H2,1-2,4H3;7-11H,1,3-5H2,2H3;9-11H,1,3-7H2,2H3;8-10H,1,3-6H2,2H3;9-11H,1,3-7H2,2H3;2,4-5,7-9H,1,3H2. The number of hydrogen-bond donors (Lipinski definition) is 0.